The summed E-state index contributed by atoms with van der Waals surface area (Å²) in [5, 5.41) is 8.49. The van der Waals surface area contributed by atoms with Crippen molar-refractivity contribution >= 4 is 12.1 Å². The summed E-state index contributed by atoms with van der Waals surface area (Å²) >= 11 is 0. The van der Waals surface area contributed by atoms with E-state index in [-0.39, 0.29) is 30.7 Å². The average molecular weight is 514 g/mol. The summed E-state index contributed by atoms with van der Waals surface area (Å²) in [6.07, 6.45) is 6.05. The Morgan fingerprint density at radius 3 is 2.70 bits per heavy atom. The number of hydrogen-bond acceptors (Lipinski definition) is 8. The highest BCUT2D eigenvalue weighted by Gasteiger charge is 2.33. The van der Waals surface area contributed by atoms with E-state index in [9.17, 15) is 9.59 Å². The molecule has 4 rings (SSSR count). The molecule has 10 nitrogen and oxygen atoms in total. The topological polar surface area (TPSA) is 109 Å². The van der Waals surface area contributed by atoms with Crippen LogP contribution in [0.4, 0.5) is 4.79 Å². The molecule has 37 heavy (non-hydrogen) atoms. The lowest BCUT2D eigenvalue weighted by Crippen LogP contribution is -2.31. The fourth-order valence-electron chi connectivity index (χ4n) is 4.80. The van der Waals surface area contributed by atoms with Crippen LogP contribution in [0.1, 0.15) is 76.1 Å². The zero-order valence-corrected chi connectivity index (χ0v) is 22.6. The molecule has 2 aliphatic rings. The van der Waals surface area contributed by atoms with E-state index in [0.717, 1.165) is 50.0 Å². The second kappa shape index (κ2) is 11.9. The van der Waals surface area contributed by atoms with Gasteiger partial charge in [-0.15, -0.1) is 5.10 Å². The van der Waals surface area contributed by atoms with Crippen LogP contribution < -0.4 is 4.74 Å². The minimum absolute atomic E-state index is 0.0399. The molecule has 2 aromatic rings. The zero-order chi connectivity index (χ0) is 26.5. The largest absolute Gasteiger partial charge is 0.488 e. The summed E-state index contributed by atoms with van der Waals surface area (Å²) in [5.74, 6) is 1.24. The van der Waals surface area contributed by atoms with Gasteiger partial charge in [-0.25, -0.2) is 14.5 Å². The van der Waals surface area contributed by atoms with E-state index < -0.39 is 0 Å². The summed E-state index contributed by atoms with van der Waals surface area (Å²) in [6.45, 7) is 4.90. The average Bonchev–Trinajstić information content (AvgIpc) is 3.69. The molecule has 1 amide bonds. The summed E-state index contributed by atoms with van der Waals surface area (Å²) in [6, 6.07) is 3.83. The fraction of sp³-hybridized carbons (Fsp3) is 0.667. The first-order chi connectivity index (χ1) is 17.8. The van der Waals surface area contributed by atoms with Crippen LogP contribution in [0.5, 0.6) is 5.75 Å². The van der Waals surface area contributed by atoms with Crippen molar-refractivity contribution in [2.24, 2.45) is 18.9 Å². The van der Waals surface area contributed by atoms with Crippen molar-refractivity contribution in [2.45, 2.75) is 77.4 Å². The Morgan fingerprint density at radius 2 is 2.00 bits per heavy atom. The number of amides is 1. The van der Waals surface area contributed by atoms with E-state index in [1.807, 2.05) is 12.1 Å². The third kappa shape index (κ3) is 6.59. The van der Waals surface area contributed by atoms with Crippen molar-refractivity contribution in [3.05, 3.63) is 23.5 Å². The highest BCUT2D eigenvalue weighted by Crippen LogP contribution is 2.45. The molecule has 2 aliphatic carbocycles. The van der Waals surface area contributed by atoms with Gasteiger partial charge in [0, 0.05) is 26.6 Å². The van der Waals surface area contributed by atoms with Crippen LogP contribution in [0.15, 0.2) is 12.1 Å². The van der Waals surface area contributed by atoms with Crippen LogP contribution in [0.2, 0.25) is 0 Å². The van der Waals surface area contributed by atoms with Crippen LogP contribution in [0.3, 0.4) is 0 Å². The second-order valence-electron chi connectivity index (χ2n) is 10.4. The minimum Gasteiger partial charge on any atom is -0.488 e. The molecule has 10 heteroatoms. The lowest BCUT2D eigenvalue weighted by Gasteiger charge is -2.28. The number of pyridine rings is 1. The van der Waals surface area contributed by atoms with Crippen molar-refractivity contribution in [3.63, 3.8) is 0 Å². The lowest BCUT2D eigenvalue weighted by molar-refractivity contribution is -0.147. The number of hydrogen-bond donors (Lipinski definition) is 0. The number of methoxy groups -OCH3 is 1. The van der Waals surface area contributed by atoms with E-state index in [4.69, 9.17) is 19.2 Å². The third-order valence-corrected chi connectivity index (χ3v) is 7.42. The van der Waals surface area contributed by atoms with Crippen molar-refractivity contribution in [1.82, 2.24) is 24.9 Å². The number of ether oxygens (including phenoxy) is 3. The van der Waals surface area contributed by atoms with E-state index in [1.54, 1.807) is 23.7 Å². The van der Waals surface area contributed by atoms with E-state index in [0.29, 0.717) is 41.9 Å². The van der Waals surface area contributed by atoms with Gasteiger partial charge in [0.1, 0.15) is 23.7 Å². The van der Waals surface area contributed by atoms with Crippen LogP contribution in [0.25, 0.3) is 11.4 Å². The molecule has 2 heterocycles. The molecule has 0 saturated heterocycles. The molecule has 0 radical (unpaired) electrons. The Hall–Kier alpha value is -3.17. The normalized spacial score (nSPS) is 20.2. The molecule has 2 fully saturated rings. The van der Waals surface area contributed by atoms with Gasteiger partial charge in [0.05, 0.1) is 30.5 Å². The summed E-state index contributed by atoms with van der Waals surface area (Å²) in [5.41, 5.74) is 2.87. The van der Waals surface area contributed by atoms with Gasteiger partial charge in [-0.2, -0.15) is 0 Å². The van der Waals surface area contributed by atoms with Crippen molar-refractivity contribution in [1.29, 1.82) is 0 Å². The maximum Gasteiger partial charge on any atom is 0.409 e. The maximum atomic E-state index is 12.5. The van der Waals surface area contributed by atoms with Gasteiger partial charge in [0.25, 0.3) is 0 Å². The number of carbonyl (C=O) groups is 2. The highest BCUT2D eigenvalue weighted by molar-refractivity contribution is 5.72. The highest BCUT2D eigenvalue weighted by atomic mass is 16.6. The van der Waals surface area contributed by atoms with Crippen molar-refractivity contribution in [2.75, 3.05) is 20.7 Å². The van der Waals surface area contributed by atoms with Crippen molar-refractivity contribution in [3.8, 4) is 17.1 Å². The molecular weight excluding hydrogens is 474 g/mol. The van der Waals surface area contributed by atoms with E-state index >= 15 is 0 Å². The van der Waals surface area contributed by atoms with Gasteiger partial charge >= 0.3 is 12.1 Å². The molecular formula is C27H39N5O5. The molecule has 0 N–H and O–H groups in total. The fourth-order valence-corrected chi connectivity index (χ4v) is 4.80. The van der Waals surface area contributed by atoms with Crippen LogP contribution in [0, 0.1) is 11.8 Å². The third-order valence-electron chi connectivity index (χ3n) is 7.42. The molecule has 0 aromatic carbocycles. The van der Waals surface area contributed by atoms with Gasteiger partial charge in [-0.05, 0) is 56.6 Å². The second-order valence-corrected chi connectivity index (χ2v) is 10.4. The summed E-state index contributed by atoms with van der Waals surface area (Å²) in [4.78, 5) is 31.1. The molecule has 2 saturated carbocycles. The number of esters is 1. The molecule has 0 unspecified atom stereocenters. The van der Waals surface area contributed by atoms with Crippen LogP contribution in [-0.4, -0.2) is 63.7 Å². The van der Waals surface area contributed by atoms with E-state index in [2.05, 4.69) is 24.2 Å². The molecule has 2 aromatic heterocycles. The molecule has 3 atom stereocenters. The monoisotopic (exact) mass is 513 g/mol. The van der Waals surface area contributed by atoms with E-state index in [1.165, 1.54) is 7.11 Å². The van der Waals surface area contributed by atoms with Crippen LogP contribution >= 0.6 is 0 Å². The smallest absolute Gasteiger partial charge is 0.409 e. The zero-order valence-electron chi connectivity index (χ0n) is 22.6. The van der Waals surface area contributed by atoms with Gasteiger partial charge in [0.15, 0.2) is 0 Å². The molecule has 0 spiro atoms. The molecule has 202 valence electrons. The Labute approximate surface area is 218 Å². The van der Waals surface area contributed by atoms with Gasteiger partial charge in [-0.1, -0.05) is 25.5 Å². The first-order valence-electron chi connectivity index (χ1n) is 13.3. The maximum absolute atomic E-state index is 12.5. The predicted octanol–water partition coefficient (Wildman–Crippen LogP) is 4.48. The first kappa shape index (κ1) is 26.9. The Kier molecular flexibility index (Phi) is 8.66. The molecule has 0 aliphatic heterocycles. The number of nitrogens with zero attached hydrogens (tertiary/aromatic N) is 5. The van der Waals surface area contributed by atoms with Gasteiger partial charge < -0.3 is 19.1 Å². The lowest BCUT2D eigenvalue weighted by atomic mass is 9.87. The Morgan fingerprint density at radius 1 is 1.22 bits per heavy atom. The number of aryl methyl sites for hydroxylation is 1. The van der Waals surface area contributed by atoms with Crippen molar-refractivity contribution < 1.29 is 23.8 Å². The Bertz CT molecular complexity index is 1100. The Balaban J connectivity index is 1.48. The summed E-state index contributed by atoms with van der Waals surface area (Å²) in [7, 11) is 4.97. The number of carbonyl (C=O) groups excluding carboxylic acids is 2. The standard InChI is InChI=1S/C27H39N5O5/c1-6-17(2)15-31(3)27(34)36-16-22-25(29-30-32(22)4)21-12-13-23(24(28-21)18-10-11-18)37-20-9-7-8-19(14-20)26(33)35-5/h12-13,17-20H,6-11,14-16H2,1-5H3/t17-,19-,20-/m0/s1. The number of aromatic nitrogens is 4. The first-order valence-corrected chi connectivity index (χ1v) is 13.3. The van der Waals surface area contributed by atoms with Gasteiger partial charge in [0.2, 0.25) is 0 Å². The van der Waals surface area contributed by atoms with Gasteiger partial charge in [-0.3, -0.25) is 4.79 Å². The van der Waals surface area contributed by atoms with Crippen LogP contribution in [-0.2, 0) is 27.9 Å². The quantitative estimate of drug-likeness (QED) is 0.428. The number of rotatable bonds is 10. The predicted molar refractivity (Wildman–Crippen MR) is 137 cm³/mol. The SMILES string of the molecule is CC[C@H](C)CN(C)C(=O)OCc1c(-c2ccc(O[C@H]3CCC[C@H](C(=O)OC)C3)c(C3CC3)n2)nnn1C. The molecule has 0 bridgehead atoms. The minimum atomic E-state index is -0.374. The summed E-state index contributed by atoms with van der Waals surface area (Å²) < 4.78 is 18.6.